The second kappa shape index (κ2) is 5.85. The molecule has 90 valence electrons. The maximum Gasteiger partial charge on any atom is 0.150 e. The molecule has 1 rings (SSSR count). The van der Waals surface area contributed by atoms with Gasteiger partial charge in [0.05, 0.1) is 11.5 Å². The van der Waals surface area contributed by atoms with Crippen molar-refractivity contribution in [3.8, 4) is 0 Å². The molecular weight excluding hydrogens is 210 g/mol. The van der Waals surface area contributed by atoms with Gasteiger partial charge in [0.2, 0.25) is 0 Å². The van der Waals surface area contributed by atoms with Crippen LogP contribution in [-0.2, 0) is 9.84 Å². The SMILES string of the molecule is CCC(CC)CNC1CCS(=O)(=O)CC1. The molecule has 0 aromatic heterocycles. The first-order valence-corrected chi connectivity index (χ1v) is 7.83. The van der Waals surface area contributed by atoms with E-state index in [4.69, 9.17) is 0 Å². The van der Waals surface area contributed by atoms with Gasteiger partial charge >= 0.3 is 0 Å². The Morgan fingerprint density at radius 2 is 1.73 bits per heavy atom. The molecule has 0 saturated carbocycles. The molecule has 1 saturated heterocycles. The highest BCUT2D eigenvalue weighted by Gasteiger charge is 2.23. The smallest absolute Gasteiger partial charge is 0.150 e. The lowest BCUT2D eigenvalue weighted by Gasteiger charge is -2.25. The molecule has 0 aromatic rings. The number of hydrogen-bond donors (Lipinski definition) is 1. The van der Waals surface area contributed by atoms with Crippen LogP contribution in [0.3, 0.4) is 0 Å². The molecule has 0 radical (unpaired) electrons. The second-order valence-electron chi connectivity index (χ2n) is 4.52. The molecule has 0 aromatic carbocycles. The van der Waals surface area contributed by atoms with E-state index >= 15 is 0 Å². The molecule has 15 heavy (non-hydrogen) atoms. The Morgan fingerprint density at radius 1 is 1.20 bits per heavy atom. The van der Waals surface area contributed by atoms with Crippen LogP contribution in [0.1, 0.15) is 39.5 Å². The molecule has 1 fully saturated rings. The molecule has 1 heterocycles. The van der Waals surface area contributed by atoms with Crippen molar-refractivity contribution in [2.45, 2.75) is 45.6 Å². The van der Waals surface area contributed by atoms with Crippen molar-refractivity contribution in [3.63, 3.8) is 0 Å². The molecule has 1 aliphatic heterocycles. The molecule has 0 amide bonds. The molecule has 0 bridgehead atoms. The van der Waals surface area contributed by atoms with Crippen molar-refractivity contribution in [2.24, 2.45) is 5.92 Å². The van der Waals surface area contributed by atoms with E-state index in [-0.39, 0.29) is 0 Å². The number of hydrogen-bond acceptors (Lipinski definition) is 3. The molecule has 0 atom stereocenters. The van der Waals surface area contributed by atoms with Crippen LogP contribution < -0.4 is 5.32 Å². The van der Waals surface area contributed by atoms with E-state index in [1.165, 1.54) is 12.8 Å². The minimum absolute atomic E-state index is 0.369. The third kappa shape index (κ3) is 4.51. The Bertz CT molecular complexity index is 256. The minimum Gasteiger partial charge on any atom is -0.314 e. The fourth-order valence-corrected chi connectivity index (χ4v) is 3.50. The van der Waals surface area contributed by atoms with Gasteiger partial charge in [-0.2, -0.15) is 0 Å². The van der Waals surface area contributed by atoms with Gasteiger partial charge in [-0.05, 0) is 25.3 Å². The van der Waals surface area contributed by atoms with E-state index in [1.54, 1.807) is 0 Å². The zero-order chi connectivity index (χ0) is 11.3. The Labute approximate surface area is 93.6 Å². The van der Waals surface area contributed by atoms with E-state index in [0.717, 1.165) is 25.3 Å². The van der Waals surface area contributed by atoms with Gasteiger partial charge in [0.15, 0.2) is 0 Å². The average molecular weight is 233 g/mol. The van der Waals surface area contributed by atoms with Crippen LogP contribution in [0.25, 0.3) is 0 Å². The molecule has 1 N–H and O–H groups in total. The minimum atomic E-state index is -2.71. The summed E-state index contributed by atoms with van der Waals surface area (Å²) in [5.41, 5.74) is 0. The lowest BCUT2D eigenvalue weighted by molar-refractivity contribution is 0.389. The van der Waals surface area contributed by atoms with E-state index in [0.29, 0.717) is 17.5 Å². The Morgan fingerprint density at radius 3 is 2.20 bits per heavy atom. The summed E-state index contributed by atoms with van der Waals surface area (Å²) < 4.78 is 22.4. The summed E-state index contributed by atoms with van der Waals surface area (Å²) in [5, 5.41) is 3.50. The fourth-order valence-electron chi connectivity index (χ4n) is 2.00. The molecule has 1 aliphatic rings. The lowest BCUT2D eigenvalue weighted by Crippen LogP contribution is -2.39. The van der Waals surface area contributed by atoms with Gasteiger partial charge in [0.1, 0.15) is 9.84 Å². The normalized spacial score (nSPS) is 22.1. The van der Waals surface area contributed by atoms with E-state index in [9.17, 15) is 8.42 Å². The van der Waals surface area contributed by atoms with Crippen molar-refractivity contribution < 1.29 is 8.42 Å². The average Bonchev–Trinajstić information content (AvgIpc) is 2.21. The predicted octanol–water partition coefficient (Wildman–Crippen LogP) is 1.59. The van der Waals surface area contributed by atoms with Crippen LogP contribution >= 0.6 is 0 Å². The number of sulfone groups is 1. The quantitative estimate of drug-likeness (QED) is 0.784. The summed E-state index contributed by atoms with van der Waals surface area (Å²) in [6.45, 7) is 5.46. The summed E-state index contributed by atoms with van der Waals surface area (Å²) >= 11 is 0. The highest BCUT2D eigenvalue weighted by molar-refractivity contribution is 7.91. The van der Waals surface area contributed by atoms with Gasteiger partial charge in [-0.15, -0.1) is 0 Å². The zero-order valence-electron chi connectivity index (χ0n) is 9.83. The fraction of sp³-hybridized carbons (Fsp3) is 1.00. The van der Waals surface area contributed by atoms with Gasteiger partial charge in [-0.1, -0.05) is 26.7 Å². The molecule has 0 aliphatic carbocycles. The first-order valence-electron chi connectivity index (χ1n) is 6.01. The summed E-state index contributed by atoms with van der Waals surface area (Å²) in [7, 11) is -2.71. The van der Waals surface area contributed by atoms with Gasteiger partial charge in [0, 0.05) is 6.04 Å². The molecule has 0 spiro atoms. The van der Waals surface area contributed by atoms with Gasteiger partial charge < -0.3 is 5.32 Å². The zero-order valence-corrected chi connectivity index (χ0v) is 10.6. The van der Waals surface area contributed by atoms with Crippen LogP contribution in [0.15, 0.2) is 0 Å². The van der Waals surface area contributed by atoms with E-state index in [1.807, 2.05) is 0 Å². The lowest BCUT2D eigenvalue weighted by atomic mass is 10.0. The van der Waals surface area contributed by atoms with Crippen molar-refractivity contribution in [2.75, 3.05) is 18.1 Å². The van der Waals surface area contributed by atoms with Crippen molar-refractivity contribution in [1.29, 1.82) is 0 Å². The highest BCUT2D eigenvalue weighted by Crippen LogP contribution is 2.13. The Kier molecular flexibility index (Phi) is 5.06. The largest absolute Gasteiger partial charge is 0.314 e. The topological polar surface area (TPSA) is 46.2 Å². The Balaban J connectivity index is 2.24. The first kappa shape index (κ1) is 13.0. The van der Waals surface area contributed by atoms with Crippen LogP contribution in [0.2, 0.25) is 0 Å². The van der Waals surface area contributed by atoms with Gasteiger partial charge in [-0.3, -0.25) is 0 Å². The summed E-state index contributed by atoms with van der Waals surface area (Å²) in [5.74, 6) is 1.48. The maximum atomic E-state index is 11.2. The summed E-state index contributed by atoms with van der Waals surface area (Å²) in [6.07, 6.45) is 3.99. The standard InChI is InChI=1S/C11H23NO2S/c1-3-10(4-2)9-12-11-5-7-15(13,14)8-6-11/h10-12H,3-9H2,1-2H3. The molecular formula is C11H23NO2S. The van der Waals surface area contributed by atoms with Crippen molar-refractivity contribution in [1.82, 2.24) is 5.32 Å². The van der Waals surface area contributed by atoms with Crippen molar-refractivity contribution >= 4 is 9.84 Å². The number of rotatable bonds is 5. The van der Waals surface area contributed by atoms with E-state index in [2.05, 4.69) is 19.2 Å². The van der Waals surface area contributed by atoms with Crippen LogP contribution in [0.5, 0.6) is 0 Å². The Hall–Kier alpha value is -0.0900. The van der Waals surface area contributed by atoms with Crippen molar-refractivity contribution in [3.05, 3.63) is 0 Å². The number of nitrogens with one attached hydrogen (secondary N) is 1. The van der Waals surface area contributed by atoms with Crippen LogP contribution in [-0.4, -0.2) is 32.5 Å². The second-order valence-corrected chi connectivity index (χ2v) is 6.82. The molecule has 3 nitrogen and oxygen atoms in total. The van der Waals surface area contributed by atoms with Gasteiger partial charge in [-0.25, -0.2) is 8.42 Å². The monoisotopic (exact) mass is 233 g/mol. The maximum absolute atomic E-state index is 11.2. The predicted molar refractivity (Wildman–Crippen MR) is 63.8 cm³/mol. The third-order valence-electron chi connectivity index (χ3n) is 3.40. The molecule has 4 heteroatoms. The third-order valence-corrected chi connectivity index (χ3v) is 5.12. The van der Waals surface area contributed by atoms with Crippen LogP contribution in [0, 0.1) is 5.92 Å². The summed E-state index contributed by atoms with van der Waals surface area (Å²) in [4.78, 5) is 0. The summed E-state index contributed by atoms with van der Waals surface area (Å²) in [6, 6.07) is 0.425. The van der Waals surface area contributed by atoms with E-state index < -0.39 is 9.84 Å². The highest BCUT2D eigenvalue weighted by atomic mass is 32.2. The van der Waals surface area contributed by atoms with Crippen LogP contribution in [0.4, 0.5) is 0 Å². The first-order chi connectivity index (χ1) is 7.07. The van der Waals surface area contributed by atoms with Gasteiger partial charge in [0.25, 0.3) is 0 Å². The molecule has 0 unspecified atom stereocenters.